The molecule has 7 nitrogen and oxygen atoms in total. The lowest BCUT2D eigenvalue weighted by atomic mass is 9.84. The number of hydrogen-bond donors (Lipinski definition) is 1. The molecule has 1 fully saturated rings. The maximum absolute atomic E-state index is 13.3. The SMILES string of the molecule is O=C1N[C@]2(CCOc3ccccc32)C(=O)N1Cc1ncc(-c2ccc(Cl)cc2)o1. The smallest absolute Gasteiger partial charge is 0.325 e. The van der Waals surface area contributed by atoms with Crippen LogP contribution in [0, 0.1) is 0 Å². The first-order valence-corrected chi connectivity index (χ1v) is 9.52. The first kappa shape index (κ1) is 17.8. The van der Waals surface area contributed by atoms with Crippen molar-refractivity contribution < 1.29 is 18.7 Å². The van der Waals surface area contributed by atoms with Gasteiger partial charge < -0.3 is 14.5 Å². The van der Waals surface area contributed by atoms with E-state index >= 15 is 0 Å². The van der Waals surface area contributed by atoms with Crippen LogP contribution < -0.4 is 10.1 Å². The maximum atomic E-state index is 13.3. The summed E-state index contributed by atoms with van der Waals surface area (Å²) in [4.78, 5) is 31.3. The van der Waals surface area contributed by atoms with Crippen LogP contribution in [-0.4, -0.2) is 28.4 Å². The molecule has 1 N–H and O–H groups in total. The molecule has 2 aliphatic rings. The molecule has 1 atom stereocenters. The summed E-state index contributed by atoms with van der Waals surface area (Å²) in [6, 6.07) is 13.9. The molecule has 2 aromatic carbocycles. The third kappa shape index (κ3) is 2.86. The van der Waals surface area contributed by atoms with Crippen molar-refractivity contribution in [2.45, 2.75) is 18.5 Å². The Kier molecular flexibility index (Phi) is 4.06. The average Bonchev–Trinajstić information content (AvgIpc) is 3.29. The number of rotatable bonds is 3. The van der Waals surface area contributed by atoms with Crippen molar-refractivity contribution >= 4 is 23.5 Å². The largest absolute Gasteiger partial charge is 0.493 e. The van der Waals surface area contributed by atoms with Crippen molar-refractivity contribution in [1.82, 2.24) is 15.2 Å². The lowest BCUT2D eigenvalue weighted by Gasteiger charge is -2.33. The van der Waals surface area contributed by atoms with Crippen LogP contribution in [0.3, 0.4) is 0 Å². The van der Waals surface area contributed by atoms with Crippen molar-refractivity contribution in [2.24, 2.45) is 0 Å². The third-order valence-corrected chi connectivity index (χ3v) is 5.48. The second-order valence-corrected chi connectivity index (χ2v) is 7.38. The summed E-state index contributed by atoms with van der Waals surface area (Å²) in [5.41, 5.74) is 0.360. The number of benzene rings is 2. The molecule has 0 radical (unpaired) electrons. The molecule has 1 saturated heterocycles. The fourth-order valence-electron chi connectivity index (χ4n) is 3.78. The second-order valence-electron chi connectivity index (χ2n) is 6.95. The number of carbonyl (C=O) groups excluding carboxylic acids is 2. The van der Waals surface area contributed by atoms with Gasteiger partial charge in [0.15, 0.2) is 11.3 Å². The zero-order valence-electron chi connectivity index (χ0n) is 15.2. The summed E-state index contributed by atoms with van der Waals surface area (Å²) in [6.07, 6.45) is 1.93. The molecule has 3 aromatic rings. The number of nitrogens with zero attached hydrogens (tertiary/aromatic N) is 2. The highest BCUT2D eigenvalue weighted by Gasteiger charge is 2.55. The average molecular weight is 410 g/mol. The summed E-state index contributed by atoms with van der Waals surface area (Å²) in [7, 11) is 0. The number of oxazole rings is 1. The predicted molar refractivity (Wildman–Crippen MR) is 104 cm³/mol. The van der Waals surface area contributed by atoms with E-state index in [4.69, 9.17) is 20.8 Å². The van der Waals surface area contributed by atoms with Crippen molar-refractivity contribution in [2.75, 3.05) is 6.61 Å². The van der Waals surface area contributed by atoms with Gasteiger partial charge in [0.05, 0.1) is 12.8 Å². The monoisotopic (exact) mass is 409 g/mol. The van der Waals surface area contributed by atoms with E-state index in [1.54, 1.807) is 30.5 Å². The van der Waals surface area contributed by atoms with Crippen molar-refractivity contribution in [3.05, 3.63) is 71.2 Å². The fraction of sp³-hybridized carbons (Fsp3) is 0.190. The standard InChI is InChI=1S/C21H16ClN3O4/c22-14-7-5-13(6-8-14)17-11-23-18(29-17)12-25-19(26)21(24-20(25)27)9-10-28-16-4-2-1-3-15(16)21/h1-8,11H,9-10,12H2,(H,24,27)/t21-/m0/s1. The molecule has 8 heteroatoms. The molecule has 1 aromatic heterocycles. The molecule has 0 aliphatic carbocycles. The number of hydrogen-bond acceptors (Lipinski definition) is 5. The summed E-state index contributed by atoms with van der Waals surface area (Å²) in [5.74, 6) is 1.09. The molecule has 3 amide bonds. The molecule has 0 saturated carbocycles. The summed E-state index contributed by atoms with van der Waals surface area (Å²) in [5, 5.41) is 3.48. The molecule has 2 aliphatic heterocycles. The van der Waals surface area contributed by atoms with E-state index in [-0.39, 0.29) is 18.3 Å². The topological polar surface area (TPSA) is 84.7 Å². The minimum absolute atomic E-state index is 0.0525. The lowest BCUT2D eigenvalue weighted by Crippen LogP contribution is -2.47. The van der Waals surface area contributed by atoms with E-state index in [1.165, 1.54) is 0 Å². The highest BCUT2D eigenvalue weighted by Crippen LogP contribution is 2.41. The van der Waals surface area contributed by atoms with Crippen LogP contribution in [0.4, 0.5) is 4.79 Å². The Bertz CT molecular complexity index is 1110. The summed E-state index contributed by atoms with van der Waals surface area (Å²) in [6.45, 7) is 0.291. The van der Waals surface area contributed by atoms with E-state index in [1.807, 2.05) is 24.3 Å². The number of nitrogens with one attached hydrogen (secondary N) is 1. The van der Waals surface area contributed by atoms with Gasteiger partial charge in [-0.1, -0.05) is 29.8 Å². The Balaban J connectivity index is 1.42. The zero-order valence-corrected chi connectivity index (χ0v) is 16.0. The Hall–Kier alpha value is -3.32. The number of amides is 3. The van der Waals surface area contributed by atoms with E-state index < -0.39 is 11.6 Å². The van der Waals surface area contributed by atoms with Gasteiger partial charge >= 0.3 is 6.03 Å². The molecule has 5 rings (SSSR count). The van der Waals surface area contributed by atoms with Crippen molar-refractivity contribution in [3.8, 4) is 17.1 Å². The van der Waals surface area contributed by atoms with Gasteiger partial charge in [0.2, 0.25) is 5.89 Å². The number of ether oxygens (including phenoxy) is 1. The number of aromatic nitrogens is 1. The number of urea groups is 1. The quantitative estimate of drug-likeness (QED) is 0.666. The van der Waals surface area contributed by atoms with Gasteiger partial charge in [-0.25, -0.2) is 9.78 Å². The number of imide groups is 1. The van der Waals surface area contributed by atoms with Gasteiger partial charge in [0.1, 0.15) is 12.3 Å². The van der Waals surface area contributed by atoms with Crippen LogP contribution in [-0.2, 0) is 16.9 Å². The molecule has 146 valence electrons. The van der Waals surface area contributed by atoms with Crippen LogP contribution in [0.1, 0.15) is 17.9 Å². The maximum Gasteiger partial charge on any atom is 0.325 e. The van der Waals surface area contributed by atoms with Gasteiger partial charge in [0.25, 0.3) is 5.91 Å². The van der Waals surface area contributed by atoms with E-state index in [0.717, 1.165) is 10.5 Å². The highest BCUT2D eigenvalue weighted by molar-refractivity contribution is 6.30. The molecule has 0 unspecified atom stereocenters. The summed E-state index contributed by atoms with van der Waals surface area (Å²) < 4.78 is 11.4. The fourth-order valence-corrected chi connectivity index (χ4v) is 3.91. The number of halogens is 1. The van der Waals surface area contributed by atoms with E-state index in [2.05, 4.69) is 10.3 Å². The molecular formula is C21H16ClN3O4. The highest BCUT2D eigenvalue weighted by atomic mass is 35.5. The van der Waals surface area contributed by atoms with Gasteiger partial charge in [-0.15, -0.1) is 0 Å². The lowest BCUT2D eigenvalue weighted by molar-refractivity contribution is -0.133. The number of fused-ring (bicyclic) bond motifs is 2. The molecule has 3 heterocycles. The minimum Gasteiger partial charge on any atom is -0.493 e. The second kappa shape index (κ2) is 6.63. The molecule has 1 spiro atoms. The molecule has 29 heavy (non-hydrogen) atoms. The van der Waals surface area contributed by atoms with Crippen LogP contribution >= 0.6 is 11.6 Å². The van der Waals surface area contributed by atoms with Crippen molar-refractivity contribution in [3.63, 3.8) is 0 Å². The van der Waals surface area contributed by atoms with Crippen LogP contribution in [0.25, 0.3) is 11.3 Å². The Morgan fingerprint density at radius 3 is 2.76 bits per heavy atom. The molecular weight excluding hydrogens is 394 g/mol. The Labute approximate surface area is 171 Å². The van der Waals surface area contributed by atoms with E-state index in [9.17, 15) is 9.59 Å². The van der Waals surface area contributed by atoms with Gasteiger partial charge in [-0.3, -0.25) is 9.69 Å². The third-order valence-electron chi connectivity index (χ3n) is 5.23. The van der Waals surface area contributed by atoms with Gasteiger partial charge in [-0.05, 0) is 30.3 Å². The first-order valence-electron chi connectivity index (χ1n) is 9.14. The van der Waals surface area contributed by atoms with Crippen LogP contribution in [0.5, 0.6) is 5.75 Å². The Morgan fingerprint density at radius 2 is 1.93 bits per heavy atom. The number of para-hydroxylation sites is 1. The predicted octanol–water partition coefficient (Wildman–Crippen LogP) is 3.72. The van der Waals surface area contributed by atoms with E-state index in [0.29, 0.717) is 35.1 Å². The minimum atomic E-state index is -1.11. The number of carbonyl (C=O) groups is 2. The Morgan fingerprint density at radius 1 is 1.14 bits per heavy atom. The van der Waals surface area contributed by atoms with Gasteiger partial charge in [-0.2, -0.15) is 0 Å². The zero-order chi connectivity index (χ0) is 20.0. The van der Waals surface area contributed by atoms with Crippen molar-refractivity contribution in [1.29, 1.82) is 0 Å². The normalized spacial score (nSPS) is 20.5. The first-order chi connectivity index (χ1) is 14.1. The van der Waals surface area contributed by atoms with Crippen LogP contribution in [0.15, 0.2) is 59.1 Å². The van der Waals surface area contributed by atoms with Crippen LogP contribution in [0.2, 0.25) is 5.02 Å². The summed E-state index contributed by atoms with van der Waals surface area (Å²) >= 11 is 5.91. The molecule has 0 bridgehead atoms. The van der Waals surface area contributed by atoms with Gasteiger partial charge in [0, 0.05) is 22.6 Å².